The van der Waals surface area contributed by atoms with E-state index in [9.17, 15) is 14.7 Å². The van der Waals surface area contributed by atoms with Crippen molar-refractivity contribution in [3.05, 3.63) is 35.9 Å². The molecule has 0 saturated carbocycles. The minimum Gasteiger partial charge on any atom is -0.393 e. The molecule has 2 amide bonds. The third-order valence-electron chi connectivity index (χ3n) is 5.09. The highest BCUT2D eigenvalue weighted by Crippen LogP contribution is 2.07. The largest absolute Gasteiger partial charge is 0.393 e. The molecule has 2 unspecified atom stereocenters. The fraction of sp³-hybridized carbons (Fsp3) is 0.625. The molecule has 0 saturated heterocycles. The van der Waals surface area contributed by atoms with Gasteiger partial charge in [0.2, 0.25) is 12.1 Å². The molecule has 0 spiro atoms. The maximum Gasteiger partial charge on any atom is 0.270 e. The number of ether oxygens (including phenoxy) is 1. The lowest BCUT2D eigenvalue weighted by atomic mass is 10.1. The van der Waals surface area contributed by atoms with Crippen LogP contribution in [0.1, 0.15) is 50.5 Å². The summed E-state index contributed by atoms with van der Waals surface area (Å²) in [6, 6.07) is 9.38. The van der Waals surface area contributed by atoms with Crippen LogP contribution in [0.5, 0.6) is 0 Å². The first-order valence-electron chi connectivity index (χ1n) is 12.3. The van der Waals surface area contributed by atoms with Gasteiger partial charge in [0.15, 0.2) is 5.96 Å². The zero-order valence-electron chi connectivity index (χ0n) is 20.6. The maximum atomic E-state index is 12.7. The number of nitrogens with zero attached hydrogens (tertiary/aromatic N) is 1. The van der Waals surface area contributed by atoms with Gasteiger partial charge in [0.25, 0.3) is 5.91 Å². The Morgan fingerprint density at radius 3 is 2.43 bits per heavy atom. The van der Waals surface area contributed by atoms with Crippen LogP contribution in [-0.2, 0) is 20.9 Å². The van der Waals surface area contributed by atoms with Crippen molar-refractivity contribution >= 4 is 17.8 Å². The topological polar surface area (TPSA) is 190 Å². The van der Waals surface area contributed by atoms with Crippen LogP contribution >= 0.6 is 0 Å². The third-order valence-corrected chi connectivity index (χ3v) is 5.09. The summed E-state index contributed by atoms with van der Waals surface area (Å²) in [6.07, 6.45) is 2.30. The number of aliphatic imine (C=N–C) groups is 1. The number of hydrogen-bond donors (Lipinski definition) is 7. The normalized spacial score (nSPS) is 12.5. The molecule has 0 fully saturated rings. The number of rotatable bonds is 20. The summed E-state index contributed by atoms with van der Waals surface area (Å²) in [4.78, 5) is 29.0. The highest BCUT2D eigenvalue weighted by Gasteiger charge is 2.22. The highest BCUT2D eigenvalue weighted by atomic mass is 16.5. The molecule has 11 heteroatoms. The molecule has 0 aliphatic carbocycles. The van der Waals surface area contributed by atoms with Crippen molar-refractivity contribution < 1.29 is 19.4 Å². The summed E-state index contributed by atoms with van der Waals surface area (Å²) in [5.41, 5.74) is 16.9. The van der Waals surface area contributed by atoms with E-state index in [1.54, 1.807) is 0 Å². The van der Waals surface area contributed by atoms with Gasteiger partial charge >= 0.3 is 0 Å². The van der Waals surface area contributed by atoms with Crippen molar-refractivity contribution in [3.63, 3.8) is 0 Å². The Hall–Kier alpha value is -2.73. The number of hydrogen-bond acceptors (Lipinski definition) is 7. The molecule has 1 aromatic rings. The number of aliphatic hydroxyl groups excluding tert-OH is 1. The van der Waals surface area contributed by atoms with Gasteiger partial charge in [-0.2, -0.15) is 0 Å². The van der Waals surface area contributed by atoms with Crippen molar-refractivity contribution in [2.75, 3.05) is 32.7 Å². The number of guanidine groups is 1. The molecule has 10 N–H and O–H groups in total. The number of aliphatic hydroxyl groups is 1. The van der Waals surface area contributed by atoms with Crippen molar-refractivity contribution in [2.45, 2.75) is 63.9 Å². The molecule has 198 valence electrons. The lowest BCUT2D eigenvalue weighted by molar-refractivity contribution is -0.142. The van der Waals surface area contributed by atoms with Crippen LogP contribution in [0.25, 0.3) is 0 Å². The van der Waals surface area contributed by atoms with Crippen LogP contribution in [0.2, 0.25) is 0 Å². The monoisotopic (exact) mass is 493 g/mol. The van der Waals surface area contributed by atoms with Gasteiger partial charge < -0.3 is 43.0 Å². The van der Waals surface area contributed by atoms with E-state index in [-0.39, 0.29) is 19.0 Å². The van der Waals surface area contributed by atoms with Crippen LogP contribution in [0.3, 0.4) is 0 Å². The lowest BCUT2D eigenvalue weighted by Crippen LogP contribution is -2.49. The Morgan fingerprint density at radius 1 is 1.00 bits per heavy atom. The molecule has 2 atom stereocenters. The Kier molecular flexibility index (Phi) is 16.9. The first kappa shape index (κ1) is 30.3. The smallest absolute Gasteiger partial charge is 0.270 e. The molecule has 1 aromatic carbocycles. The van der Waals surface area contributed by atoms with Crippen LogP contribution in [-0.4, -0.2) is 67.9 Å². The van der Waals surface area contributed by atoms with E-state index in [0.29, 0.717) is 38.9 Å². The van der Waals surface area contributed by atoms with E-state index in [4.69, 9.17) is 21.9 Å². The van der Waals surface area contributed by atoms with Crippen molar-refractivity contribution in [3.8, 4) is 0 Å². The van der Waals surface area contributed by atoms with Gasteiger partial charge in [-0.3, -0.25) is 14.6 Å². The number of nitrogens with two attached hydrogens (primary N) is 3. The molecule has 0 aliphatic rings. The molecule has 0 bridgehead atoms. The van der Waals surface area contributed by atoms with Crippen LogP contribution < -0.4 is 33.2 Å². The minimum absolute atomic E-state index is 0.0314. The standard InChI is InChI=1S/C24H43N7O4/c25-12-8-14-28-13-6-7-15-29-22(34)23(35-18-19-9-2-1-3-10-19)31-21(33)17-20(32)11-4-5-16-30-24(26)27/h1-3,9-10,20,23,28,32H,4-8,11-18,25H2,(H,29,34)(H,31,33)(H4,26,27,30). The highest BCUT2D eigenvalue weighted by molar-refractivity contribution is 5.86. The average Bonchev–Trinajstić information content (AvgIpc) is 2.83. The van der Waals surface area contributed by atoms with Crippen molar-refractivity contribution in [1.82, 2.24) is 16.0 Å². The summed E-state index contributed by atoms with van der Waals surface area (Å²) in [6.45, 7) is 3.50. The second-order valence-electron chi connectivity index (χ2n) is 8.29. The molecular weight excluding hydrogens is 450 g/mol. The van der Waals surface area contributed by atoms with E-state index >= 15 is 0 Å². The van der Waals surface area contributed by atoms with E-state index in [1.807, 2.05) is 30.3 Å². The Labute approximate surface area is 208 Å². The molecule has 0 heterocycles. The third kappa shape index (κ3) is 16.5. The van der Waals surface area contributed by atoms with E-state index in [2.05, 4.69) is 20.9 Å². The number of carbonyl (C=O) groups is 2. The quantitative estimate of drug-likeness (QED) is 0.0556. The Morgan fingerprint density at radius 2 is 1.71 bits per heavy atom. The SMILES string of the molecule is NCCCNCCCCNC(=O)C(NC(=O)CC(O)CCCCN=C(N)N)OCc1ccccc1. The lowest BCUT2D eigenvalue weighted by Gasteiger charge is -2.20. The Balaban J connectivity index is 2.45. The van der Waals surface area contributed by atoms with Gasteiger partial charge in [-0.15, -0.1) is 0 Å². The second kappa shape index (κ2) is 19.6. The molecule has 1 rings (SSSR count). The Bertz CT molecular complexity index is 730. The van der Waals surface area contributed by atoms with Crippen molar-refractivity contribution in [1.29, 1.82) is 0 Å². The second-order valence-corrected chi connectivity index (χ2v) is 8.29. The van der Waals surface area contributed by atoms with Gasteiger partial charge in [-0.05, 0) is 63.7 Å². The molecule has 35 heavy (non-hydrogen) atoms. The molecule has 0 aromatic heterocycles. The molecule has 0 aliphatic heterocycles. The number of amides is 2. The van der Waals surface area contributed by atoms with Crippen LogP contribution in [0, 0.1) is 0 Å². The predicted octanol–water partition coefficient (Wildman–Crippen LogP) is -0.325. The fourth-order valence-electron chi connectivity index (χ4n) is 3.19. The van der Waals surface area contributed by atoms with Crippen LogP contribution in [0.15, 0.2) is 35.3 Å². The van der Waals surface area contributed by atoms with Crippen LogP contribution in [0.4, 0.5) is 0 Å². The van der Waals surface area contributed by atoms with E-state index in [0.717, 1.165) is 37.9 Å². The van der Waals surface area contributed by atoms with Gasteiger partial charge in [0, 0.05) is 13.1 Å². The first-order valence-corrected chi connectivity index (χ1v) is 12.3. The summed E-state index contributed by atoms with van der Waals surface area (Å²) in [7, 11) is 0. The summed E-state index contributed by atoms with van der Waals surface area (Å²) in [5, 5.41) is 18.9. The number of unbranched alkanes of at least 4 members (excludes halogenated alkanes) is 2. The van der Waals surface area contributed by atoms with Gasteiger partial charge in [0.05, 0.1) is 19.1 Å². The summed E-state index contributed by atoms with van der Waals surface area (Å²) in [5.74, 6) is -0.847. The van der Waals surface area contributed by atoms with E-state index < -0.39 is 24.1 Å². The van der Waals surface area contributed by atoms with Crippen molar-refractivity contribution in [2.24, 2.45) is 22.2 Å². The predicted molar refractivity (Wildman–Crippen MR) is 137 cm³/mol. The number of benzene rings is 1. The molecule has 0 radical (unpaired) electrons. The van der Waals surface area contributed by atoms with Gasteiger partial charge in [-0.1, -0.05) is 30.3 Å². The zero-order valence-corrected chi connectivity index (χ0v) is 20.6. The zero-order chi connectivity index (χ0) is 25.7. The summed E-state index contributed by atoms with van der Waals surface area (Å²) < 4.78 is 5.71. The maximum absolute atomic E-state index is 12.7. The molecular formula is C24H43N7O4. The van der Waals surface area contributed by atoms with E-state index in [1.165, 1.54) is 0 Å². The average molecular weight is 494 g/mol. The summed E-state index contributed by atoms with van der Waals surface area (Å²) >= 11 is 0. The first-order chi connectivity index (χ1) is 16.9. The number of carbonyl (C=O) groups excluding carboxylic acids is 2. The minimum atomic E-state index is -1.15. The fourth-order valence-corrected chi connectivity index (χ4v) is 3.19. The number of nitrogens with one attached hydrogen (secondary N) is 3. The van der Waals surface area contributed by atoms with Gasteiger partial charge in [0.1, 0.15) is 0 Å². The van der Waals surface area contributed by atoms with Gasteiger partial charge in [-0.25, -0.2) is 0 Å². The molecule has 11 nitrogen and oxygen atoms in total.